The molecule has 0 saturated carbocycles. The largest absolute Gasteiger partial charge is 0.326 e. The molecule has 112 valence electrons. The smallest absolute Gasteiger partial charge is 0.264 e. The Balaban J connectivity index is 2.47. The van der Waals surface area contributed by atoms with Crippen LogP contribution >= 0.6 is 34.8 Å². The van der Waals surface area contributed by atoms with Crippen LogP contribution in [0.4, 0.5) is 5.82 Å². The van der Waals surface area contributed by atoms with Gasteiger partial charge in [0.25, 0.3) is 10.0 Å². The molecule has 2 aromatic rings. The van der Waals surface area contributed by atoms with Crippen molar-refractivity contribution in [3.05, 3.63) is 51.1 Å². The molecule has 0 spiro atoms. The third-order valence-electron chi connectivity index (χ3n) is 2.60. The van der Waals surface area contributed by atoms with Crippen LogP contribution in [0.5, 0.6) is 0 Å². The van der Waals surface area contributed by atoms with E-state index in [2.05, 4.69) is 9.71 Å². The highest BCUT2D eigenvalue weighted by molar-refractivity contribution is 7.92. The predicted octanol–water partition coefficient (Wildman–Crippen LogP) is 3.30. The normalized spacial score (nSPS) is 11.4. The van der Waals surface area contributed by atoms with Crippen LogP contribution in [0.2, 0.25) is 15.1 Å². The molecule has 1 heterocycles. The number of pyridine rings is 1. The fourth-order valence-electron chi connectivity index (χ4n) is 1.58. The van der Waals surface area contributed by atoms with E-state index < -0.39 is 10.0 Å². The molecule has 1 aromatic heterocycles. The molecular formula is C12H10Cl3N3O2S. The number of anilines is 1. The number of rotatable bonds is 4. The molecule has 3 N–H and O–H groups in total. The van der Waals surface area contributed by atoms with Crippen LogP contribution in [0.1, 0.15) is 5.56 Å². The summed E-state index contributed by atoms with van der Waals surface area (Å²) in [5.41, 5.74) is 5.98. The van der Waals surface area contributed by atoms with Gasteiger partial charge in [-0.2, -0.15) is 0 Å². The van der Waals surface area contributed by atoms with Gasteiger partial charge in [0, 0.05) is 17.8 Å². The van der Waals surface area contributed by atoms with Gasteiger partial charge >= 0.3 is 0 Å². The molecule has 5 nitrogen and oxygen atoms in total. The number of halogens is 3. The summed E-state index contributed by atoms with van der Waals surface area (Å²) in [6.45, 7) is 0.0862. The lowest BCUT2D eigenvalue weighted by molar-refractivity contribution is 0.601. The van der Waals surface area contributed by atoms with E-state index in [1.54, 1.807) is 6.07 Å². The van der Waals surface area contributed by atoms with E-state index >= 15 is 0 Å². The van der Waals surface area contributed by atoms with Crippen molar-refractivity contribution < 1.29 is 8.42 Å². The first-order valence-corrected chi connectivity index (χ1v) is 8.28. The molecule has 0 unspecified atom stereocenters. The number of hydrogen-bond acceptors (Lipinski definition) is 4. The molecule has 1 aromatic carbocycles. The topological polar surface area (TPSA) is 85.1 Å². The molecule has 0 bridgehead atoms. The van der Waals surface area contributed by atoms with Crippen LogP contribution in [0, 0.1) is 0 Å². The van der Waals surface area contributed by atoms with Crippen molar-refractivity contribution in [2.24, 2.45) is 5.73 Å². The Morgan fingerprint density at radius 1 is 1.14 bits per heavy atom. The average molecular weight is 367 g/mol. The van der Waals surface area contributed by atoms with E-state index in [9.17, 15) is 8.42 Å². The molecule has 0 fully saturated rings. The van der Waals surface area contributed by atoms with Crippen molar-refractivity contribution in [2.75, 3.05) is 4.72 Å². The number of nitrogens with zero attached hydrogens (tertiary/aromatic N) is 1. The second kappa shape index (κ2) is 6.37. The average Bonchev–Trinajstić information content (AvgIpc) is 2.41. The Kier molecular flexibility index (Phi) is 4.95. The van der Waals surface area contributed by atoms with Crippen LogP contribution < -0.4 is 10.5 Å². The quantitative estimate of drug-likeness (QED) is 0.869. The van der Waals surface area contributed by atoms with Gasteiger partial charge < -0.3 is 5.73 Å². The molecule has 21 heavy (non-hydrogen) atoms. The predicted molar refractivity (Wildman–Crippen MR) is 84.4 cm³/mol. The Morgan fingerprint density at radius 3 is 2.48 bits per heavy atom. The molecule has 0 amide bonds. The molecule has 0 atom stereocenters. The second-order valence-corrected chi connectivity index (χ2v) is 6.89. The lowest BCUT2D eigenvalue weighted by atomic mass is 10.2. The van der Waals surface area contributed by atoms with Crippen molar-refractivity contribution in [3.63, 3.8) is 0 Å². The van der Waals surface area contributed by atoms with Crippen LogP contribution in [0.15, 0.2) is 35.4 Å². The van der Waals surface area contributed by atoms with Crippen LogP contribution in [0.3, 0.4) is 0 Å². The molecule has 0 saturated heterocycles. The highest BCUT2D eigenvalue weighted by atomic mass is 35.5. The van der Waals surface area contributed by atoms with Gasteiger partial charge in [0.2, 0.25) is 0 Å². The summed E-state index contributed by atoms with van der Waals surface area (Å²) in [4.78, 5) is 3.72. The second-order valence-electron chi connectivity index (χ2n) is 4.02. The minimum Gasteiger partial charge on any atom is -0.326 e. The standard InChI is InChI=1S/C12H10Cl3N3O2S/c13-8-2-1-3-17-12(8)18-21(19,20)11-4-7(6-16)9(14)5-10(11)15/h1-5H,6,16H2,(H,17,18). The van der Waals surface area contributed by atoms with Crippen molar-refractivity contribution in [2.45, 2.75) is 11.4 Å². The number of nitrogens with two attached hydrogens (primary N) is 1. The maximum Gasteiger partial charge on any atom is 0.264 e. The van der Waals surface area contributed by atoms with Crippen molar-refractivity contribution in [1.29, 1.82) is 0 Å². The van der Waals surface area contributed by atoms with Crippen molar-refractivity contribution in [3.8, 4) is 0 Å². The van der Waals surface area contributed by atoms with E-state index in [0.717, 1.165) is 0 Å². The van der Waals surface area contributed by atoms with E-state index in [-0.39, 0.29) is 27.3 Å². The lowest BCUT2D eigenvalue weighted by Crippen LogP contribution is -2.15. The van der Waals surface area contributed by atoms with Crippen LogP contribution in [0.25, 0.3) is 0 Å². The van der Waals surface area contributed by atoms with Gasteiger partial charge in [-0.05, 0) is 29.8 Å². The minimum absolute atomic E-state index is 0.0134. The van der Waals surface area contributed by atoms with Crippen LogP contribution in [-0.4, -0.2) is 13.4 Å². The van der Waals surface area contributed by atoms with E-state index in [1.165, 1.54) is 24.4 Å². The van der Waals surface area contributed by atoms with Crippen LogP contribution in [-0.2, 0) is 16.6 Å². The molecule has 0 aliphatic carbocycles. The number of benzene rings is 1. The molecule has 0 aliphatic rings. The zero-order valence-corrected chi connectivity index (χ0v) is 13.6. The van der Waals surface area contributed by atoms with Crippen molar-refractivity contribution in [1.82, 2.24) is 4.98 Å². The van der Waals surface area contributed by atoms with Crippen molar-refractivity contribution >= 4 is 50.6 Å². The first kappa shape index (κ1) is 16.3. The summed E-state index contributed by atoms with van der Waals surface area (Å²) in [5, 5.41) is 0.458. The Labute approximate surface area is 137 Å². The van der Waals surface area contributed by atoms with Gasteiger partial charge in [-0.1, -0.05) is 34.8 Å². The Morgan fingerprint density at radius 2 is 1.86 bits per heavy atom. The molecule has 9 heteroatoms. The van der Waals surface area contributed by atoms with E-state index in [4.69, 9.17) is 40.5 Å². The van der Waals surface area contributed by atoms with Gasteiger partial charge in [-0.15, -0.1) is 0 Å². The lowest BCUT2D eigenvalue weighted by Gasteiger charge is -2.12. The van der Waals surface area contributed by atoms with E-state index in [0.29, 0.717) is 10.6 Å². The first-order valence-electron chi connectivity index (χ1n) is 5.66. The summed E-state index contributed by atoms with van der Waals surface area (Å²) in [6.07, 6.45) is 1.42. The van der Waals surface area contributed by atoms with Gasteiger partial charge in [0.1, 0.15) is 4.90 Å². The molecule has 0 radical (unpaired) electrons. The van der Waals surface area contributed by atoms with Gasteiger partial charge in [-0.3, -0.25) is 4.72 Å². The zero-order chi connectivity index (χ0) is 15.6. The third kappa shape index (κ3) is 3.59. The molecule has 2 rings (SSSR count). The van der Waals surface area contributed by atoms with E-state index in [1.807, 2.05) is 0 Å². The maximum absolute atomic E-state index is 12.4. The monoisotopic (exact) mass is 365 g/mol. The highest BCUT2D eigenvalue weighted by Gasteiger charge is 2.21. The summed E-state index contributed by atoms with van der Waals surface area (Å²) < 4.78 is 27.0. The number of aromatic nitrogens is 1. The Bertz CT molecular complexity index is 781. The van der Waals surface area contributed by atoms with Gasteiger partial charge in [0.15, 0.2) is 5.82 Å². The molecule has 0 aliphatic heterocycles. The number of hydrogen-bond donors (Lipinski definition) is 2. The number of nitrogens with one attached hydrogen (secondary N) is 1. The third-order valence-corrected chi connectivity index (χ3v) is 5.06. The first-order chi connectivity index (χ1) is 9.85. The fourth-order valence-corrected chi connectivity index (χ4v) is 3.71. The number of sulfonamides is 1. The maximum atomic E-state index is 12.4. The summed E-state index contributed by atoms with van der Waals surface area (Å²) >= 11 is 17.8. The van der Waals surface area contributed by atoms with Gasteiger partial charge in [0.05, 0.1) is 10.0 Å². The van der Waals surface area contributed by atoms with Gasteiger partial charge in [-0.25, -0.2) is 13.4 Å². The zero-order valence-electron chi connectivity index (χ0n) is 10.5. The SMILES string of the molecule is NCc1cc(S(=O)(=O)Nc2ncccc2Cl)c(Cl)cc1Cl. The summed E-state index contributed by atoms with van der Waals surface area (Å²) in [7, 11) is -3.96. The molecular weight excluding hydrogens is 357 g/mol. The minimum atomic E-state index is -3.96. The fraction of sp³-hybridized carbons (Fsp3) is 0.0833. The summed E-state index contributed by atoms with van der Waals surface area (Å²) in [5.74, 6) is 0.0134. The highest BCUT2D eigenvalue weighted by Crippen LogP contribution is 2.30. The summed E-state index contributed by atoms with van der Waals surface area (Å²) in [6, 6.07) is 5.76. The Hall–Kier alpha value is -1.05.